The van der Waals surface area contributed by atoms with E-state index in [1.807, 2.05) is 36.4 Å². The minimum Gasteiger partial charge on any atom is -0.495 e. The van der Waals surface area contributed by atoms with Crippen LogP contribution in [0.4, 0.5) is 5.69 Å². The molecule has 0 aliphatic heterocycles. The van der Waals surface area contributed by atoms with E-state index in [0.717, 1.165) is 16.8 Å². The zero-order chi connectivity index (χ0) is 13.7. The van der Waals surface area contributed by atoms with Crippen molar-refractivity contribution < 1.29 is 9.84 Å². The minimum atomic E-state index is 0.0715. The number of rotatable bonds is 5. The van der Waals surface area contributed by atoms with Crippen LogP contribution in [0.3, 0.4) is 0 Å². The molecule has 0 unspecified atom stereocenters. The van der Waals surface area contributed by atoms with Crippen molar-refractivity contribution in [3.63, 3.8) is 0 Å². The second-order valence-electron chi connectivity index (χ2n) is 4.18. The molecule has 3 nitrogen and oxygen atoms in total. The molecule has 2 rings (SSSR count). The van der Waals surface area contributed by atoms with Crippen molar-refractivity contribution in [1.82, 2.24) is 0 Å². The van der Waals surface area contributed by atoms with Crippen LogP contribution in [0.25, 0.3) is 0 Å². The Bertz CT molecular complexity index is 540. The SMILES string of the molecule is COc1cc(NCc2ccc(CO)cc2)ccc1Cl. The molecule has 0 aromatic heterocycles. The minimum absolute atomic E-state index is 0.0715. The summed E-state index contributed by atoms with van der Waals surface area (Å²) in [5.41, 5.74) is 3.01. The summed E-state index contributed by atoms with van der Waals surface area (Å²) < 4.78 is 5.17. The lowest BCUT2D eigenvalue weighted by Gasteiger charge is -2.09. The van der Waals surface area contributed by atoms with Gasteiger partial charge in [-0.1, -0.05) is 35.9 Å². The molecule has 0 saturated carbocycles. The lowest BCUT2D eigenvalue weighted by atomic mass is 10.1. The van der Waals surface area contributed by atoms with E-state index in [1.54, 1.807) is 13.2 Å². The summed E-state index contributed by atoms with van der Waals surface area (Å²) in [6.07, 6.45) is 0. The number of methoxy groups -OCH3 is 1. The van der Waals surface area contributed by atoms with Crippen LogP contribution in [-0.4, -0.2) is 12.2 Å². The number of anilines is 1. The van der Waals surface area contributed by atoms with Crippen molar-refractivity contribution in [2.24, 2.45) is 0 Å². The van der Waals surface area contributed by atoms with Crippen molar-refractivity contribution in [1.29, 1.82) is 0 Å². The zero-order valence-corrected chi connectivity index (χ0v) is 11.4. The Morgan fingerprint density at radius 2 is 1.79 bits per heavy atom. The molecule has 2 aromatic rings. The molecule has 0 radical (unpaired) electrons. The van der Waals surface area contributed by atoms with E-state index in [4.69, 9.17) is 21.4 Å². The Morgan fingerprint density at radius 3 is 2.42 bits per heavy atom. The van der Waals surface area contributed by atoms with Gasteiger partial charge in [0.15, 0.2) is 0 Å². The lowest BCUT2D eigenvalue weighted by Crippen LogP contribution is -2.00. The Kier molecular flexibility index (Phi) is 4.66. The molecular formula is C15H16ClNO2. The van der Waals surface area contributed by atoms with Crippen LogP contribution >= 0.6 is 11.6 Å². The largest absolute Gasteiger partial charge is 0.495 e. The van der Waals surface area contributed by atoms with E-state index in [9.17, 15) is 0 Å². The fourth-order valence-corrected chi connectivity index (χ4v) is 1.93. The van der Waals surface area contributed by atoms with Gasteiger partial charge in [0.2, 0.25) is 0 Å². The van der Waals surface area contributed by atoms with Gasteiger partial charge in [-0.25, -0.2) is 0 Å². The van der Waals surface area contributed by atoms with Crippen LogP contribution < -0.4 is 10.1 Å². The van der Waals surface area contributed by atoms with Crippen LogP contribution in [0.2, 0.25) is 5.02 Å². The van der Waals surface area contributed by atoms with E-state index in [-0.39, 0.29) is 6.61 Å². The molecule has 0 saturated heterocycles. The number of ether oxygens (including phenoxy) is 1. The zero-order valence-electron chi connectivity index (χ0n) is 10.7. The Hall–Kier alpha value is -1.71. The van der Waals surface area contributed by atoms with Crippen LogP contribution in [0.1, 0.15) is 11.1 Å². The highest BCUT2D eigenvalue weighted by Gasteiger charge is 2.02. The smallest absolute Gasteiger partial charge is 0.139 e. The highest BCUT2D eigenvalue weighted by atomic mass is 35.5. The monoisotopic (exact) mass is 277 g/mol. The number of hydrogen-bond donors (Lipinski definition) is 2. The molecule has 0 aliphatic carbocycles. The second-order valence-corrected chi connectivity index (χ2v) is 4.58. The molecule has 0 heterocycles. The summed E-state index contributed by atoms with van der Waals surface area (Å²) >= 11 is 5.97. The van der Waals surface area contributed by atoms with Gasteiger partial charge < -0.3 is 15.2 Å². The van der Waals surface area contributed by atoms with E-state index >= 15 is 0 Å². The van der Waals surface area contributed by atoms with Gasteiger partial charge in [-0.3, -0.25) is 0 Å². The Morgan fingerprint density at radius 1 is 1.11 bits per heavy atom. The van der Waals surface area contributed by atoms with Gasteiger partial charge in [-0.05, 0) is 23.3 Å². The third kappa shape index (κ3) is 3.63. The molecular weight excluding hydrogens is 262 g/mol. The average molecular weight is 278 g/mol. The summed E-state index contributed by atoms with van der Waals surface area (Å²) in [5.74, 6) is 0.655. The van der Waals surface area contributed by atoms with Gasteiger partial charge in [0.05, 0.1) is 18.7 Å². The van der Waals surface area contributed by atoms with E-state index in [1.165, 1.54) is 0 Å². The molecule has 0 fully saturated rings. The van der Waals surface area contributed by atoms with Crippen molar-refractivity contribution in [3.05, 3.63) is 58.6 Å². The quantitative estimate of drug-likeness (QED) is 0.879. The maximum absolute atomic E-state index is 8.98. The number of halogens is 1. The third-order valence-electron chi connectivity index (χ3n) is 2.85. The van der Waals surface area contributed by atoms with Crippen LogP contribution in [0.15, 0.2) is 42.5 Å². The normalized spacial score (nSPS) is 10.3. The number of aliphatic hydroxyl groups excluding tert-OH is 1. The summed E-state index contributed by atoms with van der Waals surface area (Å²) in [5, 5.41) is 12.9. The summed E-state index contributed by atoms with van der Waals surface area (Å²) in [6.45, 7) is 0.776. The first-order valence-corrected chi connectivity index (χ1v) is 6.37. The van der Waals surface area contributed by atoms with Crippen LogP contribution in [-0.2, 0) is 13.2 Å². The maximum Gasteiger partial charge on any atom is 0.139 e. The van der Waals surface area contributed by atoms with Crippen LogP contribution in [0, 0.1) is 0 Å². The van der Waals surface area contributed by atoms with E-state index in [0.29, 0.717) is 17.3 Å². The molecule has 0 atom stereocenters. The summed E-state index contributed by atoms with van der Waals surface area (Å²) in [6, 6.07) is 13.4. The highest BCUT2D eigenvalue weighted by Crippen LogP contribution is 2.27. The summed E-state index contributed by atoms with van der Waals surface area (Å²) in [7, 11) is 1.60. The second kappa shape index (κ2) is 6.45. The van der Waals surface area contributed by atoms with Crippen molar-refractivity contribution >= 4 is 17.3 Å². The predicted octanol–water partition coefficient (Wildman–Crippen LogP) is 3.45. The van der Waals surface area contributed by atoms with Gasteiger partial charge in [0.25, 0.3) is 0 Å². The molecule has 4 heteroatoms. The molecule has 19 heavy (non-hydrogen) atoms. The first-order chi connectivity index (χ1) is 9.22. The maximum atomic E-state index is 8.98. The first kappa shape index (κ1) is 13.7. The molecule has 0 spiro atoms. The number of hydrogen-bond acceptors (Lipinski definition) is 3. The molecule has 2 aromatic carbocycles. The van der Waals surface area contributed by atoms with Gasteiger partial charge in [0.1, 0.15) is 5.75 Å². The molecule has 0 amide bonds. The third-order valence-corrected chi connectivity index (χ3v) is 3.17. The lowest BCUT2D eigenvalue weighted by molar-refractivity contribution is 0.282. The van der Waals surface area contributed by atoms with Gasteiger partial charge in [-0.2, -0.15) is 0 Å². The number of benzene rings is 2. The Labute approximate surface area is 117 Å². The van der Waals surface area contributed by atoms with Gasteiger partial charge in [0, 0.05) is 18.3 Å². The standard InChI is InChI=1S/C15H16ClNO2/c1-19-15-8-13(6-7-14(15)16)17-9-11-2-4-12(10-18)5-3-11/h2-8,17-18H,9-10H2,1H3. The molecule has 0 aliphatic rings. The number of nitrogens with one attached hydrogen (secondary N) is 1. The summed E-state index contributed by atoms with van der Waals surface area (Å²) in [4.78, 5) is 0. The molecule has 2 N–H and O–H groups in total. The topological polar surface area (TPSA) is 41.5 Å². The van der Waals surface area contributed by atoms with Crippen molar-refractivity contribution in [3.8, 4) is 5.75 Å². The van der Waals surface area contributed by atoms with Crippen LogP contribution in [0.5, 0.6) is 5.75 Å². The van der Waals surface area contributed by atoms with Crippen molar-refractivity contribution in [2.45, 2.75) is 13.2 Å². The van der Waals surface area contributed by atoms with E-state index in [2.05, 4.69) is 5.32 Å². The Balaban J connectivity index is 2.01. The van der Waals surface area contributed by atoms with Gasteiger partial charge in [-0.15, -0.1) is 0 Å². The molecule has 100 valence electrons. The highest BCUT2D eigenvalue weighted by molar-refractivity contribution is 6.32. The predicted molar refractivity (Wildman–Crippen MR) is 77.7 cm³/mol. The first-order valence-electron chi connectivity index (χ1n) is 5.99. The fraction of sp³-hybridized carbons (Fsp3) is 0.200. The van der Waals surface area contributed by atoms with Gasteiger partial charge >= 0.3 is 0 Å². The molecule has 0 bridgehead atoms. The average Bonchev–Trinajstić information content (AvgIpc) is 2.47. The van der Waals surface area contributed by atoms with E-state index < -0.39 is 0 Å². The number of aliphatic hydroxyl groups is 1. The fourth-order valence-electron chi connectivity index (χ4n) is 1.74. The van der Waals surface area contributed by atoms with Crippen molar-refractivity contribution in [2.75, 3.05) is 12.4 Å².